The molecule has 0 saturated carbocycles. The first-order valence-corrected chi connectivity index (χ1v) is 16.1. The van der Waals surface area contributed by atoms with Crippen molar-refractivity contribution in [1.82, 2.24) is 43.5 Å². The van der Waals surface area contributed by atoms with E-state index in [9.17, 15) is 14.4 Å². The van der Waals surface area contributed by atoms with Gasteiger partial charge in [-0.25, -0.2) is 14.8 Å². The van der Waals surface area contributed by atoms with Gasteiger partial charge in [-0.2, -0.15) is 9.97 Å². The summed E-state index contributed by atoms with van der Waals surface area (Å²) in [6, 6.07) is 5.96. The molecule has 1 aromatic carbocycles. The summed E-state index contributed by atoms with van der Waals surface area (Å²) in [6.07, 6.45) is 5.70. The van der Waals surface area contributed by atoms with Crippen molar-refractivity contribution >= 4 is 57.8 Å². The molecule has 0 aliphatic carbocycles. The maximum atomic E-state index is 12.7. The molecule has 0 radical (unpaired) electrons. The molecule has 17 nitrogen and oxygen atoms in total. The number of hydrogen-bond acceptors (Lipinski definition) is 12. The zero-order valence-corrected chi connectivity index (χ0v) is 27.7. The topological polar surface area (TPSA) is 194 Å². The second kappa shape index (κ2) is 12.7. The van der Waals surface area contributed by atoms with Gasteiger partial charge >= 0.3 is 5.69 Å². The summed E-state index contributed by atoms with van der Waals surface area (Å²) in [7, 11) is 4.81. The van der Waals surface area contributed by atoms with Crippen molar-refractivity contribution in [3.05, 3.63) is 56.8 Å². The first kappa shape index (κ1) is 31.9. The molecule has 2 aliphatic rings. The van der Waals surface area contributed by atoms with Crippen LogP contribution in [0.2, 0.25) is 0 Å². The lowest BCUT2D eigenvalue weighted by Crippen LogP contribution is -2.37. The fourth-order valence-electron chi connectivity index (χ4n) is 6.32. The van der Waals surface area contributed by atoms with Gasteiger partial charge < -0.3 is 35.3 Å². The van der Waals surface area contributed by atoms with E-state index >= 15 is 0 Å². The Labute approximate surface area is 280 Å². The Hall–Kier alpha value is -5.71. The number of amides is 1. The van der Waals surface area contributed by atoms with Crippen LogP contribution in [0.3, 0.4) is 0 Å². The lowest BCUT2D eigenvalue weighted by atomic mass is 10.1. The van der Waals surface area contributed by atoms with E-state index in [4.69, 9.17) is 20.2 Å². The number of likely N-dealkylation sites (N-methyl/N-ethyl adjacent to an activating group) is 1. The van der Waals surface area contributed by atoms with E-state index in [1.165, 1.54) is 11.6 Å². The van der Waals surface area contributed by atoms with Crippen LogP contribution in [0.4, 0.5) is 17.5 Å². The van der Waals surface area contributed by atoms with Gasteiger partial charge in [-0.15, -0.1) is 0 Å². The quantitative estimate of drug-likeness (QED) is 0.202. The van der Waals surface area contributed by atoms with Crippen LogP contribution in [0.5, 0.6) is 5.75 Å². The molecule has 2 aliphatic heterocycles. The van der Waals surface area contributed by atoms with Crippen LogP contribution in [0.1, 0.15) is 37.4 Å². The number of nitrogens with one attached hydrogen (secondary N) is 2. The highest BCUT2D eigenvalue weighted by atomic mass is 16.5. The number of aromatic nitrogens is 8. The number of ether oxygens (including phenoxy) is 2. The zero-order chi connectivity index (χ0) is 34.4. The summed E-state index contributed by atoms with van der Waals surface area (Å²) in [4.78, 5) is 57.6. The second-order valence-electron chi connectivity index (χ2n) is 12.0. The molecule has 0 bridgehead atoms. The summed E-state index contributed by atoms with van der Waals surface area (Å²) in [6.45, 7) is 4.84. The van der Waals surface area contributed by atoms with Crippen molar-refractivity contribution in [1.29, 1.82) is 0 Å². The molecule has 1 fully saturated rings. The van der Waals surface area contributed by atoms with Crippen molar-refractivity contribution in [2.75, 3.05) is 48.7 Å². The van der Waals surface area contributed by atoms with Crippen molar-refractivity contribution in [2.45, 2.75) is 32.1 Å². The minimum absolute atomic E-state index is 0.120. The van der Waals surface area contributed by atoms with Crippen LogP contribution in [0.15, 0.2) is 34.1 Å². The van der Waals surface area contributed by atoms with E-state index in [2.05, 4.69) is 30.5 Å². The Morgan fingerprint density at radius 3 is 2.71 bits per heavy atom. The third-order valence-electron chi connectivity index (χ3n) is 8.94. The van der Waals surface area contributed by atoms with Crippen LogP contribution in [-0.2, 0) is 30.7 Å². The highest BCUT2D eigenvalue weighted by Gasteiger charge is 2.32. The van der Waals surface area contributed by atoms with Gasteiger partial charge in [0, 0.05) is 40.8 Å². The number of anilines is 3. The largest absolute Gasteiger partial charge is 0.490 e. The van der Waals surface area contributed by atoms with Gasteiger partial charge in [-0.05, 0) is 43.5 Å². The summed E-state index contributed by atoms with van der Waals surface area (Å²) in [5.74, 6) is 1.81. The number of carbonyl (C=O) groups is 1. The molecule has 0 unspecified atom stereocenters. The second-order valence-corrected chi connectivity index (χ2v) is 12.0. The van der Waals surface area contributed by atoms with E-state index in [0.717, 1.165) is 21.6 Å². The first-order valence-electron chi connectivity index (χ1n) is 16.1. The van der Waals surface area contributed by atoms with Gasteiger partial charge in [0.15, 0.2) is 22.6 Å². The molecular weight excluding hydrogens is 632 g/mol. The molecule has 256 valence electrons. The van der Waals surface area contributed by atoms with E-state index in [0.29, 0.717) is 79.7 Å². The summed E-state index contributed by atoms with van der Waals surface area (Å²) >= 11 is 0. The predicted octanol–water partition coefficient (Wildman–Crippen LogP) is 0.988. The van der Waals surface area contributed by atoms with Gasteiger partial charge in [0.2, 0.25) is 11.9 Å². The fraction of sp³-hybridized carbons (Fsp3) is 0.406. The van der Waals surface area contributed by atoms with Crippen molar-refractivity contribution in [2.24, 2.45) is 21.1 Å². The lowest BCUT2D eigenvalue weighted by molar-refractivity contribution is -0.133. The van der Waals surface area contributed by atoms with Crippen LogP contribution in [-0.4, -0.2) is 83.0 Å². The van der Waals surface area contributed by atoms with Gasteiger partial charge in [0.05, 0.1) is 18.6 Å². The highest BCUT2D eigenvalue weighted by molar-refractivity contribution is 5.83. The fourth-order valence-corrected chi connectivity index (χ4v) is 6.32. The molecule has 17 heteroatoms. The first-order chi connectivity index (χ1) is 23.6. The Kier molecular flexibility index (Phi) is 8.27. The third-order valence-corrected chi connectivity index (χ3v) is 8.94. The summed E-state index contributed by atoms with van der Waals surface area (Å²) < 4.78 is 18.0. The number of nitrogens with zero attached hydrogens (tertiary/aromatic N) is 9. The maximum Gasteiger partial charge on any atom is 0.332 e. The average molecular weight is 671 g/mol. The minimum atomic E-state index is -0.515. The number of carbonyl (C=O) groups excluding carboxylic acids is 1. The van der Waals surface area contributed by atoms with Crippen LogP contribution in [0, 0.1) is 0 Å². The Morgan fingerprint density at radius 2 is 1.90 bits per heavy atom. The standard InChI is InChI=1S/C32H38N12O5/c1-5-34-29(45)20-9-11-23(49-20)44-17-36-24-26(33)38-31(39-27(24)44)35-12-13-43-14-15-48-21-16-18(6-8-19(21)43)7-10-22-37-28-25(40(22)2)30(46)42(4)32(47)41(28)3/h6-8,10,16-17,20,23H,5,9,11-15H2,1-4H3,(H,34,45)(H3,33,35,38,39)/b10-7+/t20-,23+/m0/s1. The van der Waals surface area contributed by atoms with E-state index in [-0.39, 0.29) is 18.0 Å². The number of rotatable bonds is 9. The summed E-state index contributed by atoms with van der Waals surface area (Å²) in [5.41, 5.74) is 9.00. The van der Waals surface area contributed by atoms with E-state index < -0.39 is 17.4 Å². The number of benzene rings is 1. The zero-order valence-electron chi connectivity index (χ0n) is 27.7. The summed E-state index contributed by atoms with van der Waals surface area (Å²) in [5, 5.41) is 6.10. The minimum Gasteiger partial charge on any atom is -0.490 e. The molecule has 1 amide bonds. The molecule has 1 saturated heterocycles. The number of nitrogen functional groups attached to an aromatic ring is 1. The van der Waals surface area contributed by atoms with Crippen molar-refractivity contribution in [3.8, 4) is 5.75 Å². The Morgan fingerprint density at radius 1 is 1.06 bits per heavy atom. The number of fused-ring (bicyclic) bond motifs is 3. The van der Waals surface area contributed by atoms with E-state index in [1.54, 1.807) is 25.0 Å². The maximum absolute atomic E-state index is 12.7. The van der Waals surface area contributed by atoms with Crippen molar-refractivity contribution in [3.63, 3.8) is 0 Å². The number of imidazole rings is 2. The number of hydrogen-bond donors (Lipinski definition) is 3. The molecule has 6 heterocycles. The van der Waals surface area contributed by atoms with Gasteiger partial charge in [0.25, 0.3) is 5.56 Å². The molecular formula is C32H38N12O5. The SMILES string of the molecule is CCNC(=O)[C@@H]1CC[C@H](n2cnc3c(N)nc(NCCN4CCOc5cc(/C=C/c6nc7c(c(=O)n(C)c(=O)n7C)n6C)ccc54)nc32)O1. The monoisotopic (exact) mass is 670 g/mol. The predicted molar refractivity (Wildman–Crippen MR) is 184 cm³/mol. The molecule has 4 aromatic heterocycles. The molecule has 5 aromatic rings. The normalized spacial score (nSPS) is 17.6. The molecule has 49 heavy (non-hydrogen) atoms. The Bertz CT molecular complexity index is 2230. The smallest absolute Gasteiger partial charge is 0.332 e. The van der Waals surface area contributed by atoms with Gasteiger partial charge in [0.1, 0.15) is 36.0 Å². The highest BCUT2D eigenvalue weighted by Crippen LogP contribution is 2.34. The molecule has 7 rings (SSSR count). The molecule has 0 spiro atoms. The average Bonchev–Trinajstić information content (AvgIpc) is 3.83. The van der Waals surface area contributed by atoms with Crippen LogP contribution < -0.4 is 37.3 Å². The lowest BCUT2D eigenvalue weighted by Gasteiger charge is -2.31. The van der Waals surface area contributed by atoms with E-state index in [1.807, 2.05) is 41.8 Å². The number of aryl methyl sites for hydroxylation is 2. The Balaban J connectivity index is 1.03. The molecule has 2 atom stereocenters. The third kappa shape index (κ3) is 5.75. The van der Waals surface area contributed by atoms with Crippen LogP contribution in [0.25, 0.3) is 34.5 Å². The van der Waals surface area contributed by atoms with Crippen molar-refractivity contribution < 1.29 is 14.3 Å². The molecule has 4 N–H and O–H groups in total. The van der Waals surface area contributed by atoms with Crippen LogP contribution >= 0.6 is 0 Å². The van der Waals surface area contributed by atoms with Gasteiger partial charge in [-0.3, -0.25) is 23.3 Å². The van der Waals surface area contributed by atoms with Gasteiger partial charge in [-0.1, -0.05) is 12.1 Å². The number of nitrogens with two attached hydrogens (primary N) is 1.